The molecule has 0 spiro atoms. The van der Waals surface area contributed by atoms with Gasteiger partial charge in [0.25, 0.3) is 5.69 Å². The van der Waals surface area contributed by atoms with Crippen LogP contribution in [0.4, 0.5) is 5.69 Å². The van der Waals surface area contributed by atoms with Crippen LogP contribution < -0.4 is 0 Å². The Hall–Kier alpha value is -3.02. The van der Waals surface area contributed by atoms with Crippen molar-refractivity contribution >= 4 is 17.4 Å². The SMILES string of the molecule is O=C(C[C@H]1OC(=O)c2ccccc21)c1ccc([N+](=O)[O-])cc1. The fraction of sp³-hybridized carbons (Fsp3) is 0.125. The Morgan fingerprint density at radius 1 is 1.14 bits per heavy atom. The Morgan fingerprint density at radius 2 is 1.82 bits per heavy atom. The zero-order valence-electron chi connectivity index (χ0n) is 11.4. The number of ether oxygens (including phenoxy) is 1. The van der Waals surface area contributed by atoms with Crippen molar-refractivity contribution < 1.29 is 19.2 Å². The number of ketones is 1. The molecule has 0 bridgehead atoms. The second-order valence-corrected chi connectivity index (χ2v) is 4.91. The number of nitrogens with zero attached hydrogens (tertiary/aromatic N) is 1. The van der Waals surface area contributed by atoms with Crippen LogP contribution in [-0.2, 0) is 4.74 Å². The van der Waals surface area contributed by atoms with E-state index in [0.717, 1.165) is 0 Å². The highest BCUT2D eigenvalue weighted by atomic mass is 16.6. The lowest BCUT2D eigenvalue weighted by atomic mass is 9.98. The van der Waals surface area contributed by atoms with Gasteiger partial charge >= 0.3 is 5.97 Å². The Morgan fingerprint density at radius 3 is 2.50 bits per heavy atom. The molecule has 0 amide bonds. The smallest absolute Gasteiger partial charge is 0.339 e. The number of nitro benzene ring substituents is 1. The van der Waals surface area contributed by atoms with E-state index >= 15 is 0 Å². The van der Waals surface area contributed by atoms with Gasteiger partial charge in [-0.25, -0.2) is 4.79 Å². The minimum absolute atomic E-state index is 0.0144. The molecule has 6 heteroatoms. The van der Waals surface area contributed by atoms with Gasteiger partial charge in [0.15, 0.2) is 5.78 Å². The van der Waals surface area contributed by atoms with Crippen LogP contribution in [0.1, 0.15) is 38.8 Å². The van der Waals surface area contributed by atoms with Gasteiger partial charge in [-0.3, -0.25) is 14.9 Å². The fourth-order valence-electron chi connectivity index (χ4n) is 2.43. The number of hydrogen-bond donors (Lipinski definition) is 0. The molecule has 1 aliphatic rings. The molecule has 0 N–H and O–H groups in total. The van der Waals surface area contributed by atoms with Crippen molar-refractivity contribution in [3.8, 4) is 0 Å². The second-order valence-electron chi connectivity index (χ2n) is 4.91. The topological polar surface area (TPSA) is 86.5 Å². The Labute approximate surface area is 125 Å². The maximum Gasteiger partial charge on any atom is 0.339 e. The highest BCUT2D eigenvalue weighted by molar-refractivity contribution is 5.99. The van der Waals surface area contributed by atoms with Crippen LogP contribution in [0.5, 0.6) is 0 Å². The summed E-state index contributed by atoms with van der Waals surface area (Å²) in [6.07, 6.45) is -0.591. The molecule has 0 radical (unpaired) electrons. The molecule has 6 nitrogen and oxygen atoms in total. The molecule has 0 fully saturated rings. The third-order valence-electron chi connectivity index (χ3n) is 3.55. The second kappa shape index (κ2) is 5.40. The number of benzene rings is 2. The summed E-state index contributed by atoms with van der Waals surface area (Å²) in [4.78, 5) is 34.0. The van der Waals surface area contributed by atoms with Gasteiger partial charge in [-0.2, -0.15) is 0 Å². The van der Waals surface area contributed by atoms with Crippen LogP contribution in [0.2, 0.25) is 0 Å². The van der Waals surface area contributed by atoms with E-state index in [9.17, 15) is 19.7 Å². The van der Waals surface area contributed by atoms with Gasteiger partial charge < -0.3 is 4.74 Å². The number of esters is 1. The van der Waals surface area contributed by atoms with Gasteiger partial charge in [-0.15, -0.1) is 0 Å². The predicted molar refractivity (Wildman–Crippen MR) is 76.6 cm³/mol. The lowest BCUT2D eigenvalue weighted by Crippen LogP contribution is -2.07. The molecule has 22 heavy (non-hydrogen) atoms. The fourth-order valence-corrected chi connectivity index (χ4v) is 2.43. The van der Waals surface area contributed by atoms with E-state index in [2.05, 4.69) is 0 Å². The largest absolute Gasteiger partial charge is 0.453 e. The molecule has 3 rings (SSSR count). The van der Waals surface area contributed by atoms with Crippen molar-refractivity contribution in [2.75, 3.05) is 0 Å². The van der Waals surface area contributed by atoms with Gasteiger partial charge in [0, 0.05) is 23.3 Å². The Kier molecular flexibility index (Phi) is 3.42. The van der Waals surface area contributed by atoms with E-state index in [4.69, 9.17) is 4.74 Å². The molecular weight excluding hydrogens is 286 g/mol. The molecule has 0 saturated carbocycles. The molecule has 110 valence electrons. The summed E-state index contributed by atoms with van der Waals surface area (Å²) in [7, 11) is 0. The summed E-state index contributed by atoms with van der Waals surface area (Å²) in [5, 5.41) is 10.6. The van der Waals surface area contributed by atoms with Crippen molar-refractivity contribution in [2.24, 2.45) is 0 Å². The monoisotopic (exact) mass is 297 g/mol. The lowest BCUT2D eigenvalue weighted by molar-refractivity contribution is -0.384. The van der Waals surface area contributed by atoms with Crippen molar-refractivity contribution in [1.82, 2.24) is 0 Å². The third-order valence-corrected chi connectivity index (χ3v) is 3.55. The molecule has 1 atom stereocenters. The predicted octanol–water partition coefficient (Wildman–Crippen LogP) is 3.08. The van der Waals surface area contributed by atoms with Gasteiger partial charge in [0.1, 0.15) is 6.10 Å². The average Bonchev–Trinajstić information content (AvgIpc) is 2.84. The van der Waals surface area contributed by atoms with E-state index in [1.165, 1.54) is 24.3 Å². The summed E-state index contributed by atoms with van der Waals surface area (Å²) >= 11 is 0. The molecular formula is C16H11NO5. The maximum absolute atomic E-state index is 12.2. The van der Waals surface area contributed by atoms with Crippen molar-refractivity contribution in [3.63, 3.8) is 0 Å². The van der Waals surface area contributed by atoms with Crippen LogP contribution >= 0.6 is 0 Å². The first-order valence-electron chi connectivity index (χ1n) is 6.64. The average molecular weight is 297 g/mol. The summed E-state index contributed by atoms with van der Waals surface area (Å²) in [5.41, 5.74) is 1.45. The zero-order chi connectivity index (χ0) is 15.7. The summed E-state index contributed by atoms with van der Waals surface area (Å²) in [5.74, 6) is -0.665. The summed E-state index contributed by atoms with van der Waals surface area (Å²) in [6.45, 7) is 0. The maximum atomic E-state index is 12.2. The van der Waals surface area contributed by atoms with Crippen molar-refractivity contribution in [2.45, 2.75) is 12.5 Å². The summed E-state index contributed by atoms with van der Waals surface area (Å²) in [6, 6.07) is 12.3. The van der Waals surface area contributed by atoms with E-state index in [1.807, 2.05) is 0 Å². The molecule has 2 aromatic rings. The molecule has 0 aromatic heterocycles. The molecule has 0 unspecified atom stereocenters. The number of carbonyl (C=O) groups is 2. The Balaban J connectivity index is 1.78. The number of cyclic esters (lactones) is 1. The van der Waals surface area contributed by atoms with Crippen LogP contribution in [-0.4, -0.2) is 16.7 Å². The van der Waals surface area contributed by atoms with Crippen molar-refractivity contribution in [3.05, 3.63) is 75.3 Å². The first-order valence-corrected chi connectivity index (χ1v) is 6.64. The number of carbonyl (C=O) groups excluding carboxylic acids is 2. The van der Waals surface area contributed by atoms with Crippen molar-refractivity contribution in [1.29, 1.82) is 0 Å². The first kappa shape index (κ1) is 13.9. The minimum Gasteiger partial charge on any atom is -0.453 e. The normalized spacial score (nSPS) is 16.0. The quantitative estimate of drug-likeness (QED) is 0.374. The number of hydrogen-bond acceptors (Lipinski definition) is 5. The third kappa shape index (κ3) is 2.46. The van der Waals surface area contributed by atoms with Gasteiger partial charge in [0.05, 0.1) is 16.9 Å². The highest BCUT2D eigenvalue weighted by Crippen LogP contribution is 2.33. The number of non-ortho nitro benzene ring substituents is 1. The zero-order valence-corrected chi connectivity index (χ0v) is 11.4. The van der Waals surface area contributed by atoms with Crippen LogP contribution in [0.15, 0.2) is 48.5 Å². The van der Waals surface area contributed by atoms with Gasteiger partial charge in [-0.1, -0.05) is 18.2 Å². The number of rotatable bonds is 4. The number of nitro groups is 1. The van der Waals surface area contributed by atoms with E-state index in [1.54, 1.807) is 24.3 Å². The lowest BCUT2D eigenvalue weighted by Gasteiger charge is -2.09. The molecule has 2 aromatic carbocycles. The van der Waals surface area contributed by atoms with E-state index < -0.39 is 17.0 Å². The van der Waals surface area contributed by atoms with Crippen LogP contribution in [0.25, 0.3) is 0 Å². The molecule has 0 aliphatic carbocycles. The van der Waals surface area contributed by atoms with E-state index in [0.29, 0.717) is 16.7 Å². The van der Waals surface area contributed by atoms with Crippen LogP contribution in [0, 0.1) is 10.1 Å². The summed E-state index contributed by atoms with van der Waals surface area (Å²) < 4.78 is 5.22. The Bertz CT molecular complexity index is 766. The highest BCUT2D eigenvalue weighted by Gasteiger charge is 2.32. The number of Topliss-reactive ketones (excluding diaryl/α,β-unsaturated/α-hetero) is 1. The van der Waals surface area contributed by atoms with E-state index in [-0.39, 0.29) is 17.9 Å². The van der Waals surface area contributed by atoms with Crippen LogP contribution in [0.3, 0.4) is 0 Å². The van der Waals surface area contributed by atoms with Gasteiger partial charge in [-0.05, 0) is 18.2 Å². The first-order chi connectivity index (χ1) is 10.6. The number of fused-ring (bicyclic) bond motifs is 1. The standard InChI is InChI=1S/C16H11NO5/c18-14(10-5-7-11(8-6-10)17(20)21)9-15-12-3-1-2-4-13(12)16(19)22-15/h1-8,15H,9H2/t15-/m1/s1. The minimum atomic E-state index is -0.605. The van der Waals surface area contributed by atoms with Gasteiger partial charge in [0.2, 0.25) is 0 Å². The molecule has 1 heterocycles. The molecule has 1 aliphatic heterocycles. The molecule has 0 saturated heterocycles.